The summed E-state index contributed by atoms with van der Waals surface area (Å²) < 4.78 is 10.5. The van der Waals surface area contributed by atoms with Crippen molar-refractivity contribution in [1.29, 1.82) is 0 Å². The predicted octanol–water partition coefficient (Wildman–Crippen LogP) is 4.14. The van der Waals surface area contributed by atoms with E-state index in [0.717, 1.165) is 21.8 Å². The van der Waals surface area contributed by atoms with Gasteiger partial charge in [0.15, 0.2) is 0 Å². The summed E-state index contributed by atoms with van der Waals surface area (Å²) in [4.78, 5) is 32.5. The molecule has 172 valence electrons. The van der Waals surface area contributed by atoms with E-state index in [2.05, 4.69) is 15.5 Å². The van der Waals surface area contributed by atoms with Gasteiger partial charge in [0.25, 0.3) is 5.89 Å². The number of carbonyl (C=O) groups is 2. The number of thiophene rings is 1. The third kappa shape index (κ3) is 4.55. The zero-order chi connectivity index (χ0) is 23.5. The summed E-state index contributed by atoms with van der Waals surface area (Å²) in [6.07, 6.45) is 0.170. The molecule has 1 fully saturated rings. The Balaban J connectivity index is 1.25. The van der Waals surface area contributed by atoms with Gasteiger partial charge in [-0.3, -0.25) is 9.59 Å². The second-order valence-electron chi connectivity index (χ2n) is 7.92. The molecule has 3 heterocycles. The van der Waals surface area contributed by atoms with Crippen molar-refractivity contribution in [2.45, 2.75) is 13.0 Å². The van der Waals surface area contributed by atoms with Gasteiger partial charge in [-0.15, -0.1) is 11.3 Å². The van der Waals surface area contributed by atoms with E-state index >= 15 is 0 Å². The molecule has 1 aliphatic rings. The van der Waals surface area contributed by atoms with E-state index in [1.54, 1.807) is 12.0 Å². The van der Waals surface area contributed by atoms with Gasteiger partial charge < -0.3 is 19.5 Å². The van der Waals surface area contributed by atoms with Crippen molar-refractivity contribution in [3.8, 4) is 27.9 Å². The molecule has 4 aromatic rings. The number of carbonyl (C=O) groups excluding carboxylic acids is 2. The largest absolute Gasteiger partial charge is 0.497 e. The molecular formula is C25H22N4O4S. The minimum Gasteiger partial charge on any atom is -0.497 e. The van der Waals surface area contributed by atoms with Gasteiger partial charge in [0.05, 0.1) is 17.9 Å². The fraction of sp³-hybridized carbons (Fsp3) is 0.200. The average Bonchev–Trinajstić information content (AvgIpc) is 3.64. The molecule has 1 atom stereocenters. The van der Waals surface area contributed by atoms with Crippen LogP contribution in [0.5, 0.6) is 5.75 Å². The lowest BCUT2D eigenvalue weighted by Crippen LogP contribution is -2.32. The minimum absolute atomic E-state index is 0.0888. The first kappa shape index (κ1) is 21.8. The maximum atomic E-state index is 12.7. The molecule has 1 unspecified atom stereocenters. The van der Waals surface area contributed by atoms with E-state index < -0.39 is 5.92 Å². The molecule has 2 aromatic heterocycles. The highest BCUT2D eigenvalue weighted by atomic mass is 32.1. The lowest BCUT2D eigenvalue weighted by molar-refractivity contribution is -0.126. The van der Waals surface area contributed by atoms with Gasteiger partial charge >= 0.3 is 0 Å². The summed E-state index contributed by atoms with van der Waals surface area (Å²) in [6, 6.07) is 18.7. The fourth-order valence-corrected chi connectivity index (χ4v) is 4.51. The van der Waals surface area contributed by atoms with Gasteiger partial charge in [0.2, 0.25) is 17.6 Å². The third-order valence-electron chi connectivity index (χ3n) is 5.70. The van der Waals surface area contributed by atoms with Crippen molar-refractivity contribution in [3.63, 3.8) is 0 Å². The first-order chi connectivity index (χ1) is 16.6. The smallest absolute Gasteiger partial charge is 0.268 e. The number of rotatable bonds is 7. The Kier molecular flexibility index (Phi) is 6.09. The van der Waals surface area contributed by atoms with Crippen LogP contribution in [0.25, 0.3) is 22.2 Å². The van der Waals surface area contributed by atoms with Crippen LogP contribution in [-0.4, -0.2) is 35.6 Å². The molecule has 1 aliphatic heterocycles. The Labute approximate surface area is 200 Å². The van der Waals surface area contributed by atoms with Crippen LogP contribution < -0.4 is 15.0 Å². The van der Waals surface area contributed by atoms with Crippen molar-refractivity contribution in [2.75, 3.05) is 18.6 Å². The number of aromatic nitrogens is 2. The summed E-state index contributed by atoms with van der Waals surface area (Å²) in [5, 5.41) is 8.96. The molecule has 34 heavy (non-hydrogen) atoms. The minimum atomic E-state index is -0.412. The molecule has 1 N–H and O–H groups in total. The number of methoxy groups -OCH3 is 1. The van der Waals surface area contributed by atoms with Crippen LogP contribution in [0.2, 0.25) is 0 Å². The monoisotopic (exact) mass is 474 g/mol. The number of benzene rings is 2. The van der Waals surface area contributed by atoms with Gasteiger partial charge in [-0.25, -0.2) is 0 Å². The molecule has 0 bridgehead atoms. The highest BCUT2D eigenvalue weighted by molar-refractivity contribution is 7.13. The van der Waals surface area contributed by atoms with E-state index in [9.17, 15) is 9.59 Å². The molecule has 2 aromatic carbocycles. The summed E-state index contributed by atoms with van der Waals surface area (Å²) >= 11 is 1.52. The van der Waals surface area contributed by atoms with Crippen LogP contribution in [0.3, 0.4) is 0 Å². The first-order valence-corrected chi connectivity index (χ1v) is 11.7. The molecule has 9 heteroatoms. The standard InChI is InChI=1S/C25H22N4O4S/c1-32-20-9-7-16(8-10-20)14-26-24(31)18-13-22(30)29(15-18)19-5-2-4-17(12-19)23-27-25(33-28-23)21-6-3-11-34-21/h2-12,18H,13-15H2,1H3,(H,26,31). The van der Waals surface area contributed by atoms with E-state index in [1.165, 1.54) is 11.3 Å². The summed E-state index contributed by atoms with van der Waals surface area (Å²) in [5.74, 6) is 1.03. The summed E-state index contributed by atoms with van der Waals surface area (Å²) in [6.45, 7) is 0.719. The molecule has 0 aliphatic carbocycles. The van der Waals surface area contributed by atoms with Crippen LogP contribution in [0.15, 0.2) is 70.6 Å². The van der Waals surface area contributed by atoms with Gasteiger partial charge in [-0.1, -0.05) is 35.5 Å². The maximum absolute atomic E-state index is 12.7. The predicted molar refractivity (Wildman–Crippen MR) is 128 cm³/mol. The van der Waals surface area contributed by atoms with Crippen LogP contribution in [-0.2, 0) is 16.1 Å². The normalized spacial score (nSPS) is 15.5. The first-order valence-electron chi connectivity index (χ1n) is 10.8. The lowest BCUT2D eigenvalue weighted by atomic mass is 10.1. The van der Waals surface area contributed by atoms with Crippen molar-refractivity contribution in [3.05, 3.63) is 71.6 Å². The lowest BCUT2D eigenvalue weighted by Gasteiger charge is -2.17. The number of nitrogens with one attached hydrogen (secondary N) is 1. The van der Waals surface area contributed by atoms with Gasteiger partial charge in [0.1, 0.15) is 5.75 Å². The third-order valence-corrected chi connectivity index (χ3v) is 6.55. The van der Waals surface area contributed by atoms with E-state index in [-0.39, 0.29) is 18.2 Å². The molecule has 1 saturated heterocycles. The van der Waals surface area contributed by atoms with Gasteiger partial charge in [0, 0.05) is 30.8 Å². The Bertz CT molecular complexity index is 1300. The Morgan fingerprint density at radius 1 is 1.21 bits per heavy atom. The molecule has 0 spiro atoms. The number of amides is 2. The number of ether oxygens (including phenoxy) is 1. The molecule has 5 rings (SSSR count). The van der Waals surface area contributed by atoms with Crippen molar-refractivity contribution in [2.24, 2.45) is 5.92 Å². The zero-order valence-electron chi connectivity index (χ0n) is 18.4. The molecule has 0 saturated carbocycles. The highest BCUT2D eigenvalue weighted by Gasteiger charge is 2.35. The zero-order valence-corrected chi connectivity index (χ0v) is 19.2. The van der Waals surface area contributed by atoms with Crippen LogP contribution in [0, 0.1) is 5.92 Å². The molecule has 8 nitrogen and oxygen atoms in total. The van der Waals surface area contributed by atoms with Crippen LogP contribution in [0.1, 0.15) is 12.0 Å². The number of hydrogen-bond acceptors (Lipinski definition) is 7. The van der Waals surface area contributed by atoms with E-state index in [4.69, 9.17) is 9.26 Å². The second kappa shape index (κ2) is 9.48. The quantitative estimate of drug-likeness (QED) is 0.432. The Morgan fingerprint density at radius 2 is 2.06 bits per heavy atom. The SMILES string of the molecule is COc1ccc(CNC(=O)C2CC(=O)N(c3cccc(-c4noc(-c5cccs5)n4)c3)C2)cc1. The summed E-state index contributed by atoms with van der Waals surface area (Å²) in [7, 11) is 1.61. The van der Waals surface area contributed by atoms with Gasteiger partial charge in [-0.05, 0) is 41.3 Å². The number of hydrogen-bond donors (Lipinski definition) is 1. The average molecular weight is 475 g/mol. The van der Waals surface area contributed by atoms with E-state index in [0.29, 0.717) is 30.5 Å². The van der Waals surface area contributed by atoms with Crippen molar-refractivity contribution < 1.29 is 18.8 Å². The van der Waals surface area contributed by atoms with Crippen LogP contribution in [0.4, 0.5) is 5.69 Å². The molecule has 2 amide bonds. The highest BCUT2D eigenvalue weighted by Crippen LogP contribution is 2.30. The summed E-state index contributed by atoms with van der Waals surface area (Å²) in [5.41, 5.74) is 2.41. The van der Waals surface area contributed by atoms with Gasteiger partial charge in [-0.2, -0.15) is 4.98 Å². The van der Waals surface area contributed by atoms with Crippen LogP contribution >= 0.6 is 11.3 Å². The maximum Gasteiger partial charge on any atom is 0.268 e. The molecule has 0 radical (unpaired) electrons. The number of anilines is 1. The van der Waals surface area contributed by atoms with Crippen molar-refractivity contribution >= 4 is 28.8 Å². The Hall–Kier alpha value is -3.98. The Morgan fingerprint density at radius 3 is 2.82 bits per heavy atom. The second-order valence-corrected chi connectivity index (χ2v) is 8.87. The van der Waals surface area contributed by atoms with Crippen molar-refractivity contribution in [1.82, 2.24) is 15.5 Å². The van der Waals surface area contributed by atoms with E-state index in [1.807, 2.05) is 66.0 Å². The topological polar surface area (TPSA) is 97.6 Å². The molecular weight excluding hydrogens is 452 g/mol. The fourth-order valence-electron chi connectivity index (χ4n) is 3.86. The number of nitrogens with zero attached hydrogens (tertiary/aromatic N) is 3.